The molecule has 168 valence electrons. The Morgan fingerprint density at radius 3 is 1.86 bits per heavy atom. The van der Waals surface area contributed by atoms with Gasteiger partial charge in [-0.3, -0.25) is 0 Å². The van der Waals surface area contributed by atoms with Gasteiger partial charge in [0, 0.05) is 41.3 Å². The maximum Gasteiger partial charge on any atom is 0.0806 e. The molecule has 0 aliphatic rings. The molecule has 0 radical (unpaired) electrons. The van der Waals surface area contributed by atoms with Crippen molar-refractivity contribution in [3.8, 4) is 0 Å². The fourth-order valence-electron chi connectivity index (χ4n) is 3.17. The van der Waals surface area contributed by atoms with E-state index in [-0.39, 0.29) is 24.4 Å². The van der Waals surface area contributed by atoms with Crippen LogP contribution >= 0.6 is 0 Å². The number of methoxy groups -OCH3 is 4. The molecule has 29 heavy (non-hydrogen) atoms. The molecule has 0 amide bonds. The Kier molecular flexibility index (Phi) is 15.6. The van der Waals surface area contributed by atoms with Gasteiger partial charge in [-0.15, -0.1) is 13.6 Å². The first-order chi connectivity index (χ1) is 13.8. The van der Waals surface area contributed by atoms with Gasteiger partial charge in [0.15, 0.2) is 0 Å². The van der Waals surface area contributed by atoms with Crippen LogP contribution in [0.15, 0.2) is 47.7 Å². The molecule has 5 nitrogen and oxygen atoms in total. The molecule has 0 heterocycles. The standard InChI is InChI=1S/C24H42NO4/c1-10-11-21(26-6)15-22(27-7)16-23(28-8)17-24(29-9)19(3)14-18(2)12-13-20(4)25-5/h10,12-14,21-24H,1,11,15-17H2,2-9H3/q-1. The van der Waals surface area contributed by atoms with Crippen molar-refractivity contribution in [2.45, 2.75) is 70.9 Å². The van der Waals surface area contributed by atoms with E-state index in [2.05, 4.69) is 37.9 Å². The van der Waals surface area contributed by atoms with E-state index >= 15 is 0 Å². The van der Waals surface area contributed by atoms with Crippen molar-refractivity contribution in [2.24, 2.45) is 0 Å². The van der Waals surface area contributed by atoms with Gasteiger partial charge in [-0.2, -0.15) is 5.70 Å². The number of hydrogen-bond donors (Lipinski definition) is 0. The molecule has 0 aromatic carbocycles. The summed E-state index contributed by atoms with van der Waals surface area (Å²) in [5.41, 5.74) is 3.32. The van der Waals surface area contributed by atoms with E-state index in [1.54, 1.807) is 35.5 Å². The third-order valence-electron chi connectivity index (χ3n) is 5.15. The molecule has 4 atom stereocenters. The topological polar surface area (TPSA) is 51.0 Å². The van der Waals surface area contributed by atoms with Crippen molar-refractivity contribution in [3.05, 3.63) is 53.0 Å². The third-order valence-corrected chi connectivity index (χ3v) is 5.15. The highest BCUT2D eigenvalue weighted by molar-refractivity contribution is 5.29. The van der Waals surface area contributed by atoms with E-state index in [0.717, 1.165) is 42.5 Å². The van der Waals surface area contributed by atoms with Crippen molar-refractivity contribution >= 4 is 0 Å². The van der Waals surface area contributed by atoms with Crippen molar-refractivity contribution in [1.29, 1.82) is 0 Å². The van der Waals surface area contributed by atoms with E-state index in [1.165, 1.54) is 0 Å². The summed E-state index contributed by atoms with van der Waals surface area (Å²) in [6.07, 6.45) is 11.4. The van der Waals surface area contributed by atoms with Crippen LogP contribution in [0, 0.1) is 0 Å². The Balaban J connectivity index is 5.07. The maximum atomic E-state index is 5.76. The zero-order valence-electron chi connectivity index (χ0n) is 19.7. The fourth-order valence-corrected chi connectivity index (χ4v) is 3.17. The van der Waals surface area contributed by atoms with Gasteiger partial charge in [-0.25, -0.2) is 0 Å². The van der Waals surface area contributed by atoms with E-state index in [9.17, 15) is 0 Å². The summed E-state index contributed by atoms with van der Waals surface area (Å²) in [5, 5.41) is 4.14. The largest absolute Gasteiger partial charge is 0.691 e. The number of allylic oxidation sites excluding steroid dienone is 5. The van der Waals surface area contributed by atoms with Gasteiger partial charge >= 0.3 is 0 Å². The summed E-state index contributed by atoms with van der Waals surface area (Å²) in [7, 11) is 8.75. The zero-order valence-corrected chi connectivity index (χ0v) is 19.7. The van der Waals surface area contributed by atoms with Crippen LogP contribution in [-0.2, 0) is 18.9 Å². The molecule has 0 saturated carbocycles. The van der Waals surface area contributed by atoms with Crippen LogP contribution in [-0.4, -0.2) is 59.9 Å². The van der Waals surface area contributed by atoms with Gasteiger partial charge < -0.3 is 24.3 Å². The van der Waals surface area contributed by atoms with Crippen LogP contribution in [0.25, 0.3) is 5.32 Å². The molecule has 0 saturated heterocycles. The lowest BCUT2D eigenvalue weighted by molar-refractivity contribution is -0.0263. The smallest absolute Gasteiger partial charge is 0.0806 e. The molecule has 0 aliphatic heterocycles. The van der Waals surface area contributed by atoms with Crippen molar-refractivity contribution < 1.29 is 18.9 Å². The van der Waals surface area contributed by atoms with Crippen molar-refractivity contribution in [2.75, 3.05) is 35.5 Å². The molecular formula is C24H42NO4-. The Morgan fingerprint density at radius 1 is 0.828 bits per heavy atom. The quantitative estimate of drug-likeness (QED) is 0.247. The van der Waals surface area contributed by atoms with E-state index in [0.29, 0.717) is 0 Å². The normalized spacial score (nSPS) is 17.6. The maximum absolute atomic E-state index is 5.76. The van der Waals surface area contributed by atoms with E-state index < -0.39 is 0 Å². The molecule has 0 aromatic rings. The van der Waals surface area contributed by atoms with Crippen LogP contribution in [0.2, 0.25) is 0 Å². The highest BCUT2D eigenvalue weighted by atomic mass is 16.5. The first kappa shape index (κ1) is 27.6. The van der Waals surface area contributed by atoms with E-state index in [1.807, 2.05) is 19.1 Å². The van der Waals surface area contributed by atoms with Gasteiger partial charge in [-0.05, 0) is 32.3 Å². The lowest BCUT2D eigenvalue weighted by atomic mass is 9.96. The average molecular weight is 409 g/mol. The van der Waals surface area contributed by atoms with Gasteiger partial charge in [0.2, 0.25) is 0 Å². The Labute approximate surface area is 178 Å². The fraction of sp³-hybridized carbons (Fsp3) is 0.667. The SMILES string of the molecule is C=CCC(CC(CC(CC(OC)C(C)=CC(C)=CC=C(C)[N-]C)OC)OC)OC. The molecule has 0 N–H and O–H groups in total. The Hall–Kier alpha value is -1.40. The van der Waals surface area contributed by atoms with Crippen molar-refractivity contribution in [1.82, 2.24) is 0 Å². The number of nitrogens with zero attached hydrogens (tertiary/aromatic N) is 1. The monoisotopic (exact) mass is 408 g/mol. The minimum absolute atomic E-state index is 0.0202. The molecule has 5 heteroatoms. The van der Waals surface area contributed by atoms with Crippen LogP contribution in [0.3, 0.4) is 0 Å². The predicted molar refractivity (Wildman–Crippen MR) is 122 cm³/mol. The molecular weight excluding hydrogens is 366 g/mol. The second kappa shape index (κ2) is 16.4. The number of ether oxygens (including phenoxy) is 4. The molecule has 0 spiro atoms. The lowest BCUT2D eigenvalue weighted by Gasteiger charge is -2.27. The molecule has 0 aliphatic carbocycles. The van der Waals surface area contributed by atoms with Crippen LogP contribution in [0.1, 0.15) is 46.5 Å². The summed E-state index contributed by atoms with van der Waals surface area (Å²) in [4.78, 5) is 0. The lowest BCUT2D eigenvalue weighted by Crippen LogP contribution is -2.30. The minimum atomic E-state index is -0.0202. The first-order valence-electron chi connectivity index (χ1n) is 10.2. The van der Waals surface area contributed by atoms with Crippen LogP contribution < -0.4 is 0 Å². The zero-order chi connectivity index (χ0) is 22.2. The summed E-state index contributed by atoms with van der Waals surface area (Å²) in [6, 6.07) is 0. The van der Waals surface area contributed by atoms with Gasteiger partial charge in [0.05, 0.1) is 24.4 Å². The molecule has 0 aromatic heterocycles. The Bertz CT molecular complexity index is 539. The first-order valence-corrected chi connectivity index (χ1v) is 10.2. The summed E-state index contributed by atoms with van der Waals surface area (Å²) < 4.78 is 22.7. The second-order valence-electron chi connectivity index (χ2n) is 7.36. The van der Waals surface area contributed by atoms with Crippen LogP contribution in [0.5, 0.6) is 0 Å². The number of hydrogen-bond acceptors (Lipinski definition) is 4. The summed E-state index contributed by atoms with van der Waals surface area (Å²) in [6.45, 7) is 9.95. The second-order valence-corrected chi connectivity index (χ2v) is 7.36. The predicted octanol–water partition coefficient (Wildman–Crippen LogP) is 5.59. The van der Waals surface area contributed by atoms with Gasteiger partial charge in [0.1, 0.15) is 0 Å². The molecule has 0 fully saturated rings. The molecule has 0 bridgehead atoms. The average Bonchev–Trinajstić information content (AvgIpc) is 2.73. The minimum Gasteiger partial charge on any atom is -0.691 e. The summed E-state index contributed by atoms with van der Waals surface area (Å²) >= 11 is 0. The molecule has 4 unspecified atom stereocenters. The third kappa shape index (κ3) is 12.0. The molecule has 0 rings (SSSR count). The van der Waals surface area contributed by atoms with E-state index in [4.69, 9.17) is 18.9 Å². The summed E-state index contributed by atoms with van der Waals surface area (Å²) in [5.74, 6) is 0. The number of rotatable bonds is 16. The van der Waals surface area contributed by atoms with Crippen molar-refractivity contribution in [3.63, 3.8) is 0 Å². The van der Waals surface area contributed by atoms with Gasteiger partial charge in [0.25, 0.3) is 0 Å². The highest BCUT2D eigenvalue weighted by Crippen LogP contribution is 2.22. The van der Waals surface area contributed by atoms with Gasteiger partial charge in [-0.1, -0.05) is 36.8 Å². The van der Waals surface area contributed by atoms with Crippen LogP contribution in [0.4, 0.5) is 0 Å². The Morgan fingerprint density at radius 2 is 1.38 bits per heavy atom. The highest BCUT2D eigenvalue weighted by Gasteiger charge is 2.23.